The lowest BCUT2D eigenvalue weighted by atomic mass is 10.0. The molecule has 110 valence electrons. The fourth-order valence-corrected chi connectivity index (χ4v) is 2.19. The van der Waals surface area contributed by atoms with Gasteiger partial charge in [-0.3, -0.25) is 4.79 Å². The molecule has 0 bridgehead atoms. The minimum Gasteiger partial charge on any atom is -0.409 e. The predicted octanol–water partition coefficient (Wildman–Crippen LogP) is 2.15. The molecule has 1 rings (SSSR count). The summed E-state index contributed by atoms with van der Waals surface area (Å²) in [6.45, 7) is 8.62. The number of oxime groups is 1. The Morgan fingerprint density at radius 2 is 1.95 bits per heavy atom. The summed E-state index contributed by atoms with van der Waals surface area (Å²) in [5, 5.41) is 11.7. The molecule has 3 N–H and O–H groups in total. The maximum absolute atomic E-state index is 12.6. The van der Waals surface area contributed by atoms with Crippen molar-refractivity contribution in [3.63, 3.8) is 0 Å². The maximum atomic E-state index is 12.6. The number of aryl methyl sites for hydroxylation is 2. The third-order valence-electron chi connectivity index (χ3n) is 3.48. The van der Waals surface area contributed by atoms with Crippen LogP contribution in [0, 0.1) is 19.8 Å². The Kier molecular flexibility index (Phi) is 5.55. The highest BCUT2D eigenvalue weighted by atomic mass is 16.4. The van der Waals surface area contributed by atoms with E-state index in [0.29, 0.717) is 13.1 Å². The second-order valence-corrected chi connectivity index (χ2v) is 5.04. The Labute approximate surface area is 120 Å². The summed E-state index contributed by atoms with van der Waals surface area (Å²) in [6.07, 6.45) is 0. The fraction of sp³-hybridized carbons (Fsp3) is 0.467. The first-order chi connectivity index (χ1) is 9.42. The average Bonchev–Trinajstić information content (AvgIpc) is 2.43. The molecule has 1 amide bonds. The Morgan fingerprint density at radius 3 is 2.40 bits per heavy atom. The third-order valence-corrected chi connectivity index (χ3v) is 3.48. The normalized spacial score (nSPS) is 13.1. The number of hydrogen-bond donors (Lipinski definition) is 2. The monoisotopic (exact) mass is 277 g/mol. The minimum absolute atomic E-state index is 0.0133. The van der Waals surface area contributed by atoms with Gasteiger partial charge in [0.05, 0.1) is 0 Å². The minimum atomic E-state index is -0.187. The van der Waals surface area contributed by atoms with Crippen LogP contribution in [0.3, 0.4) is 0 Å². The molecule has 0 aromatic heterocycles. The number of nitrogens with two attached hydrogens (primary N) is 1. The van der Waals surface area contributed by atoms with Crippen LogP contribution in [0.1, 0.15) is 35.3 Å². The van der Waals surface area contributed by atoms with E-state index in [9.17, 15) is 4.79 Å². The molecule has 0 aliphatic rings. The molecule has 1 aromatic rings. The smallest absolute Gasteiger partial charge is 0.254 e. The van der Waals surface area contributed by atoms with E-state index >= 15 is 0 Å². The molecule has 0 radical (unpaired) electrons. The maximum Gasteiger partial charge on any atom is 0.254 e. The van der Waals surface area contributed by atoms with Crippen molar-refractivity contribution >= 4 is 11.7 Å². The van der Waals surface area contributed by atoms with E-state index in [1.54, 1.807) is 4.90 Å². The Bertz CT molecular complexity index is 492. The lowest BCUT2D eigenvalue weighted by Crippen LogP contribution is -2.39. The first kappa shape index (κ1) is 16.0. The van der Waals surface area contributed by atoms with Crippen LogP contribution >= 0.6 is 0 Å². The SMILES string of the molecule is CCN(CC(C)/C(N)=N/O)C(=O)c1c(C)cccc1C. The fourth-order valence-electron chi connectivity index (χ4n) is 2.19. The summed E-state index contributed by atoms with van der Waals surface area (Å²) < 4.78 is 0. The van der Waals surface area contributed by atoms with Gasteiger partial charge in [0, 0.05) is 24.6 Å². The van der Waals surface area contributed by atoms with E-state index in [4.69, 9.17) is 10.9 Å². The lowest BCUT2D eigenvalue weighted by Gasteiger charge is -2.25. The van der Waals surface area contributed by atoms with Crippen LogP contribution in [0.15, 0.2) is 23.4 Å². The van der Waals surface area contributed by atoms with Crippen molar-refractivity contribution in [2.75, 3.05) is 13.1 Å². The standard InChI is InChI=1S/C15H23N3O2/c1-5-18(9-12(4)14(16)17-20)15(19)13-10(2)7-6-8-11(13)3/h6-8,12,20H,5,9H2,1-4H3,(H2,16,17). The number of hydrogen-bond acceptors (Lipinski definition) is 3. The summed E-state index contributed by atoms with van der Waals surface area (Å²) in [4.78, 5) is 14.4. The molecule has 0 saturated carbocycles. The van der Waals surface area contributed by atoms with Crippen molar-refractivity contribution in [2.24, 2.45) is 16.8 Å². The van der Waals surface area contributed by atoms with Gasteiger partial charge in [0.25, 0.3) is 5.91 Å². The van der Waals surface area contributed by atoms with Crippen LogP contribution in [0.5, 0.6) is 0 Å². The van der Waals surface area contributed by atoms with Crippen LogP contribution in [0.4, 0.5) is 0 Å². The largest absolute Gasteiger partial charge is 0.409 e. The Morgan fingerprint density at radius 1 is 1.40 bits per heavy atom. The van der Waals surface area contributed by atoms with Gasteiger partial charge < -0.3 is 15.8 Å². The number of carbonyl (C=O) groups is 1. The number of rotatable bonds is 5. The van der Waals surface area contributed by atoms with Gasteiger partial charge >= 0.3 is 0 Å². The van der Waals surface area contributed by atoms with Crippen molar-refractivity contribution in [3.05, 3.63) is 34.9 Å². The van der Waals surface area contributed by atoms with Gasteiger partial charge in [-0.15, -0.1) is 0 Å². The molecule has 5 nitrogen and oxygen atoms in total. The topological polar surface area (TPSA) is 78.9 Å². The van der Waals surface area contributed by atoms with Crippen LogP contribution in [0.2, 0.25) is 0 Å². The van der Waals surface area contributed by atoms with E-state index in [2.05, 4.69) is 5.16 Å². The molecule has 5 heteroatoms. The molecule has 0 spiro atoms. The molecule has 0 saturated heterocycles. The highest BCUT2D eigenvalue weighted by molar-refractivity contribution is 5.97. The molecule has 1 unspecified atom stereocenters. The number of amides is 1. The van der Waals surface area contributed by atoms with E-state index in [0.717, 1.165) is 16.7 Å². The summed E-state index contributed by atoms with van der Waals surface area (Å²) in [5.41, 5.74) is 8.24. The molecular formula is C15H23N3O2. The quantitative estimate of drug-likeness (QED) is 0.374. The van der Waals surface area contributed by atoms with Gasteiger partial charge in [-0.1, -0.05) is 30.3 Å². The molecular weight excluding hydrogens is 254 g/mol. The number of carbonyl (C=O) groups excluding carboxylic acids is 1. The van der Waals surface area contributed by atoms with E-state index in [1.165, 1.54) is 0 Å². The molecule has 1 aromatic carbocycles. The van der Waals surface area contributed by atoms with Crippen LogP contribution in [-0.4, -0.2) is 34.9 Å². The number of benzene rings is 1. The Balaban J connectivity index is 2.98. The van der Waals surface area contributed by atoms with Gasteiger partial charge in [-0.05, 0) is 31.9 Å². The van der Waals surface area contributed by atoms with Crippen molar-refractivity contribution in [1.82, 2.24) is 4.90 Å². The van der Waals surface area contributed by atoms with E-state index in [1.807, 2.05) is 45.9 Å². The van der Waals surface area contributed by atoms with Crippen LogP contribution in [-0.2, 0) is 0 Å². The highest BCUT2D eigenvalue weighted by Gasteiger charge is 2.21. The predicted molar refractivity (Wildman–Crippen MR) is 80.1 cm³/mol. The number of nitrogens with zero attached hydrogens (tertiary/aromatic N) is 2. The van der Waals surface area contributed by atoms with Gasteiger partial charge in [0.1, 0.15) is 5.84 Å². The zero-order chi connectivity index (χ0) is 15.3. The first-order valence-corrected chi connectivity index (χ1v) is 6.75. The lowest BCUT2D eigenvalue weighted by molar-refractivity contribution is 0.0752. The first-order valence-electron chi connectivity index (χ1n) is 6.75. The summed E-state index contributed by atoms with van der Waals surface area (Å²) in [6, 6.07) is 5.80. The van der Waals surface area contributed by atoms with Crippen LogP contribution in [0.25, 0.3) is 0 Å². The van der Waals surface area contributed by atoms with Gasteiger partial charge in [0.2, 0.25) is 0 Å². The Hall–Kier alpha value is -2.04. The molecule has 20 heavy (non-hydrogen) atoms. The second-order valence-electron chi connectivity index (χ2n) is 5.04. The third kappa shape index (κ3) is 3.50. The van der Waals surface area contributed by atoms with E-state index < -0.39 is 0 Å². The highest BCUT2D eigenvalue weighted by Crippen LogP contribution is 2.16. The number of amidine groups is 1. The molecule has 0 fully saturated rings. The summed E-state index contributed by atoms with van der Waals surface area (Å²) in [7, 11) is 0. The molecule has 0 aliphatic carbocycles. The van der Waals surface area contributed by atoms with E-state index in [-0.39, 0.29) is 17.7 Å². The van der Waals surface area contributed by atoms with Gasteiger partial charge in [-0.25, -0.2) is 0 Å². The van der Waals surface area contributed by atoms with Crippen molar-refractivity contribution in [2.45, 2.75) is 27.7 Å². The summed E-state index contributed by atoms with van der Waals surface area (Å²) in [5.74, 6) is -0.0633. The van der Waals surface area contributed by atoms with Gasteiger partial charge in [0.15, 0.2) is 0 Å². The van der Waals surface area contributed by atoms with Crippen molar-refractivity contribution in [3.8, 4) is 0 Å². The molecule has 0 aliphatic heterocycles. The zero-order valence-electron chi connectivity index (χ0n) is 12.6. The average molecular weight is 277 g/mol. The molecule has 0 heterocycles. The van der Waals surface area contributed by atoms with Crippen molar-refractivity contribution < 1.29 is 10.0 Å². The second kappa shape index (κ2) is 6.93. The van der Waals surface area contributed by atoms with Gasteiger partial charge in [-0.2, -0.15) is 0 Å². The summed E-state index contributed by atoms with van der Waals surface area (Å²) >= 11 is 0. The van der Waals surface area contributed by atoms with Crippen LogP contribution < -0.4 is 5.73 Å². The molecule has 1 atom stereocenters. The van der Waals surface area contributed by atoms with Crippen molar-refractivity contribution in [1.29, 1.82) is 0 Å². The zero-order valence-corrected chi connectivity index (χ0v) is 12.6.